The summed E-state index contributed by atoms with van der Waals surface area (Å²) in [5, 5.41) is 8.56. The fourth-order valence-corrected chi connectivity index (χ4v) is 1.67. The van der Waals surface area contributed by atoms with Crippen molar-refractivity contribution in [3.05, 3.63) is 53.6 Å². The number of hydrogen-bond donors (Lipinski definition) is 0. The highest BCUT2D eigenvalue weighted by atomic mass is 19.3. The minimum Gasteiger partial charge on any atom is -0.200 e. The fraction of sp³-hybridized carbons (Fsp3) is 0.154. The molecular weight excluding hydrogens is 208 g/mol. The molecule has 0 amide bonds. The van der Waals surface area contributed by atoms with Crippen LogP contribution in [-0.4, -0.2) is 5.92 Å². The molecule has 0 unspecified atom stereocenters. The Hall–Kier alpha value is -1.95. The van der Waals surface area contributed by atoms with Crippen LogP contribution in [-0.2, 0) is 0 Å². The predicted molar refractivity (Wildman–Crippen MR) is 57.7 cm³/mol. The Bertz CT molecular complexity index is 492. The van der Waals surface area contributed by atoms with E-state index in [-0.39, 0.29) is 0 Å². The van der Waals surface area contributed by atoms with Crippen molar-refractivity contribution in [3.8, 4) is 6.07 Å². The quantitative estimate of drug-likeness (QED) is 0.705. The molecule has 1 aromatic carbocycles. The number of alkyl halides is 2. The molecule has 16 heavy (non-hydrogen) atoms. The summed E-state index contributed by atoms with van der Waals surface area (Å²) in [5.74, 6) is -3.05. The molecule has 0 aromatic heterocycles. The molecular formula is C13H9F2N. The molecule has 0 atom stereocenters. The van der Waals surface area contributed by atoms with Gasteiger partial charge in [0.2, 0.25) is 0 Å². The van der Waals surface area contributed by atoms with Gasteiger partial charge in [-0.05, 0) is 17.2 Å². The number of rotatable bonds is 1. The van der Waals surface area contributed by atoms with Gasteiger partial charge in [0.1, 0.15) is 6.07 Å². The third kappa shape index (κ3) is 1.87. The highest BCUT2D eigenvalue weighted by Crippen LogP contribution is 2.38. The second-order valence-electron chi connectivity index (χ2n) is 3.63. The van der Waals surface area contributed by atoms with E-state index >= 15 is 0 Å². The number of allylic oxidation sites excluding steroid dienone is 4. The molecule has 0 heterocycles. The van der Waals surface area contributed by atoms with Crippen molar-refractivity contribution in [3.63, 3.8) is 0 Å². The lowest BCUT2D eigenvalue weighted by Gasteiger charge is -2.20. The summed E-state index contributed by atoms with van der Waals surface area (Å²) < 4.78 is 26.9. The van der Waals surface area contributed by atoms with Crippen LogP contribution in [0, 0.1) is 11.3 Å². The summed E-state index contributed by atoms with van der Waals surface area (Å²) in [5.41, 5.74) is 0.868. The molecule has 0 N–H and O–H groups in total. The molecule has 0 spiro atoms. The molecule has 0 radical (unpaired) electrons. The Morgan fingerprint density at radius 3 is 2.38 bits per heavy atom. The van der Waals surface area contributed by atoms with E-state index in [0.29, 0.717) is 5.57 Å². The van der Waals surface area contributed by atoms with Gasteiger partial charge < -0.3 is 0 Å². The average Bonchev–Trinajstić information content (AvgIpc) is 2.29. The van der Waals surface area contributed by atoms with Crippen LogP contribution in [0.15, 0.2) is 48.1 Å². The first-order chi connectivity index (χ1) is 7.63. The van der Waals surface area contributed by atoms with Crippen LogP contribution in [0.3, 0.4) is 0 Å². The van der Waals surface area contributed by atoms with Gasteiger partial charge in [0.25, 0.3) is 5.92 Å². The smallest absolute Gasteiger partial charge is 0.200 e. The highest BCUT2D eigenvalue weighted by molar-refractivity contribution is 5.70. The van der Waals surface area contributed by atoms with Crippen molar-refractivity contribution in [2.75, 3.05) is 0 Å². The number of nitriles is 1. The van der Waals surface area contributed by atoms with Crippen molar-refractivity contribution >= 4 is 5.57 Å². The molecule has 3 heteroatoms. The highest BCUT2D eigenvalue weighted by Gasteiger charge is 2.37. The van der Waals surface area contributed by atoms with Gasteiger partial charge >= 0.3 is 0 Å². The van der Waals surface area contributed by atoms with Crippen LogP contribution < -0.4 is 0 Å². The fourth-order valence-electron chi connectivity index (χ4n) is 1.67. The Balaban J connectivity index is 2.39. The van der Waals surface area contributed by atoms with Gasteiger partial charge in [0.15, 0.2) is 0 Å². The van der Waals surface area contributed by atoms with Gasteiger partial charge in [-0.3, -0.25) is 0 Å². The topological polar surface area (TPSA) is 23.8 Å². The van der Waals surface area contributed by atoms with Crippen LogP contribution in [0.25, 0.3) is 5.57 Å². The van der Waals surface area contributed by atoms with E-state index in [4.69, 9.17) is 5.26 Å². The van der Waals surface area contributed by atoms with Crippen molar-refractivity contribution < 1.29 is 8.78 Å². The minimum absolute atomic E-state index is 0.406. The number of benzene rings is 1. The zero-order valence-electron chi connectivity index (χ0n) is 8.45. The zero-order chi connectivity index (χ0) is 11.6. The maximum absolute atomic E-state index is 13.5. The largest absolute Gasteiger partial charge is 0.286 e. The molecule has 0 bridgehead atoms. The molecule has 80 valence electrons. The second kappa shape index (κ2) is 3.90. The average molecular weight is 217 g/mol. The molecule has 0 saturated carbocycles. The maximum atomic E-state index is 13.5. The van der Waals surface area contributed by atoms with E-state index in [1.165, 1.54) is 12.1 Å². The van der Waals surface area contributed by atoms with Gasteiger partial charge in [-0.2, -0.15) is 5.26 Å². The first kappa shape index (κ1) is 10.6. The summed E-state index contributed by atoms with van der Waals surface area (Å²) in [6, 6.07) is 10.5. The van der Waals surface area contributed by atoms with Crippen molar-refractivity contribution in [2.24, 2.45) is 0 Å². The van der Waals surface area contributed by atoms with E-state index in [0.717, 1.165) is 5.56 Å². The summed E-state index contributed by atoms with van der Waals surface area (Å²) in [7, 11) is 0. The summed E-state index contributed by atoms with van der Waals surface area (Å²) >= 11 is 0. The third-order valence-corrected chi connectivity index (χ3v) is 2.52. The number of hydrogen-bond acceptors (Lipinski definition) is 1. The Kier molecular flexibility index (Phi) is 2.57. The minimum atomic E-state index is -3.05. The van der Waals surface area contributed by atoms with Crippen LogP contribution in [0.2, 0.25) is 0 Å². The molecule has 1 aliphatic carbocycles. The molecule has 1 nitrogen and oxygen atoms in total. The van der Waals surface area contributed by atoms with Gasteiger partial charge in [0.05, 0.1) is 5.57 Å². The van der Waals surface area contributed by atoms with Crippen molar-refractivity contribution in [2.45, 2.75) is 12.3 Å². The Morgan fingerprint density at radius 2 is 1.81 bits per heavy atom. The number of nitrogens with zero attached hydrogens (tertiary/aromatic N) is 1. The van der Waals surface area contributed by atoms with Gasteiger partial charge in [0, 0.05) is 6.42 Å². The molecule has 1 aromatic rings. The van der Waals surface area contributed by atoms with Crippen molar-refractivity contribution in [1.29, 1.82) is 5.26 Å². The third-order valence-electron chi connectivity index (χ3n) is 2.52. The normalized spacial score (nSPS) is 18.3. The standard InChI is InChI=1S/C13H9F2N/c14-13(15)8-11(6-7-12(13)9-16)10-4-2-1-3-5-10/h1-7H,8H2. The first-order valence-electron chi connectivity index (χ1n) is 4.88. The SMILES string of the molecule is N#CC1=CC=C(c2ccccc2)CC1(F)F. The van der Waals surface area contributed by atoms with Crippen LogP contribution in [0.4, 0.5) is 8.78 Å². The molecule has 2 rings (SSSR count). The lowest BCUT2D eigenvalue weighted by molar-refractivity contribution is 0.0514. The zero-order valence-corrected chi connectivity index (χ0v) is 8.45. The first-order valence-corrected chi connectivity index (χ1v) is 4.88. The van der Waals surface area contributed by atoms with E-state index in [2.05, 4.69) is 0 Å². The van der Waals surface area contributed by atoms with E-state index in [9.17, 15) is 8.78 Å². The van der Waals surface area contributed by atoms with E-state index in [1.807, 2.05) is 6.07 Å². The molecule has 1 aliphatic rings. The van der Waals surface area contributed by atoms with Gasteiger partial charge in [-0.15, -0.1) is 0 Å². The Morgan fingerprint density at radius 1 is 1.12 bits per heavy atom. The maximum Gasteiger partial charge on any atom is 0.286 e. The van der Waals surface area contributed by atoms with Crippen LogP contribution in [0.1, 0.15) is 12.0 Å². The van der Waals surface area contributed by atoms with Crippen LogP contribution >= 0.6 is 0 Å². The molecule has 0 aliphatic heterocycles. The summed E-state index contributed by atoms with van der Waals surface area (Å²) in [6.45, 7) is 0. The molecule has 0 fully saturated rings. The predicted octanol–water partition coefficient (Wildman–Crippen LogP) is 3.56. The van der Waals surface area contributed by atoms with Gasteiger partial charge in [-0.1, -0.05) is 36.4 Å². The Labute approximate surface area is 92.3 Å². The second-order valence-corrected chi connectivity index (χ2v) is 3.63. The van der Waals surface area contributed by atoms with Gasteiger partial charge in [-0.25, -0.2) is 8.78 Å². The summed E-state index contributed by atoms with van der Waals surface area (Å²) in [6.07, 6.45) is 2.38. The van der Waals surface area contributed by atoms with Crippen molar-refractivity contribution in [1.82, 2.24) is 0 Å². The lowest BCUT2D eigenvalue weighted by Crippen LogP contribution is -2.21. The lowest BCUT2D eigenvalue weighted by atomic mass is 9.91. The molecule has 0 saturated heterocycles. The van der Waals surface area contributed by atoms with E-state index < -0.39 is 17.9 Å². The van der Waals surface area contributed by atoms with E-state index in [1.54, 1.807) is 30.3 Å². The number of halogens is 2. The summed E-state index contributed by atoms with van der Waals surface area (Å²) in [4.78, 5) is 0. The van der Waals surface area contributed by atoms with Crippen LogP contribution in [0.5, 0.6) is 0 Å². The monoisotopic (exact) mass is 217 g/mol.